The van der Waals surface area contributed by atoms with Crippen LogP contribution in [-0.2, 0) is 4.79 Å². The fraction of sp³-hybridized carbons (Fsp3) is 0.833. The Morgan fingerprint density at radius 2 is 1.75 bits per heavy atom. The number of hydrogen-bond acceptors (Lipinski definition) is 1. The molecule has 0 saturated heterocycles. The highest BCUT2D eigenvalue weighted by Gasteiger charge is 2.25. The van der Waals surface area contributed by atoms with E-state index in [4.69, 9.17) is 5.11 Å². The Hall–Kier alpha value is -0.450. The first kappa shape index (κ1) is 14.1. The molecule has 0 saturated carbocycles. The van der Waals surface area contributed by atoms with Crippen LogP contribution in [0.5, 0.6) is 0 Å². The monoisotopic (exact) mass is 206 g/mol. The van der Waals surface area contributed by atoms with Gasteiger partial charge in [-0.2, -0.15) is 13.2 Å². The molecule has 0 unspecified atom stereocenters. The lowest BCUT2D eigenvalue weighted by molar-refractivity contribution is -0.140. The second kappa shape index (κ2) is 6.11. The van der Waals surface area contributed by atoms with Crippen LogP contribution in [0.4, 0.5) is 13.2 Å². The number of carbonyl (C=O) groups is 1. The van der Waals surface area contributed by atoms with Crippen LogP contribution in [0.2, 0.25) is 0 Å². The van der Waals surface area contributed by atoms with Gasteiger partial charge in [0.25, 0.3) is 0 Å². The highest BCUT2D eigenvalue weighted by Crippen LogP contribution is 2.22. The molecule has 0 aromatic carbocycles. The third-order valence-electron chi connectivity index (χ3n) is 1.10. The van der Waals surface area contributed by atoms with Crippen molar-refractivity contribution in [3.05, 3.63) is 0 Å². The molecule has 0 radical (unpaired) electrons. The number of alkyl halides is 3. The minimum Gasteiger partial charge on any atom is -0.481 e. The van der Waals surface area contributed by atoms with Gasteiger partial charge in [-0.15, -0.1) is 12.4 Å². The van der Waals surface area contributed by atoms with E-state index < -0.39 is 18.6 Å². The summed E-state index contributed by atoms with van der Waals surface area (Å²) in [7, 11) is 0. The maximum absolute atomic E-state index is 11.4. The van der Waals surface area contributed by atoms with Gasteiger partial charge in [0.1, 0.15) is 0 Å². The highest BCUT2D eigenvalue weighted by atomic mass is 35.5. The predicted molar refractivity (Wildman–Crippen MR) is 39.4 cm³/mol. The molecule has 0 aliphatic rings. The van der Waals surface area contributed by atoms with Crippen LogP contribution < -0.4 is 0 Å². The van der Waals surface area contributed by atoms with Gasteiger partial charge in [0.15, 0.2) is 0 Å². The molecule has 0 aliphatic carbocycles. The van der Waals surface area contributed by atoms with Crippen molar-refractivity contribution in [2.45, 2.75) is 31.9 Å². The van der Waals surface area contributed by atoms with Crippen molar-refractivity contribution in [1.29, 1.82) is 0 Å². The highest BCUT2D eigenvalue weighted by molar-refractivity contribution is 5.85. The van der Waals surface area contributed by atoms with Crippen LogP contribution >= 0.6 is 12.4 Å². The number of carboxylic acids is 1. The zero-order valence-corrected chi connectivity index (χ0v) is 7.04. The maximum atomic E-state index is 11.4. The molecule has 0 rings (SSSR count). The van der Waals surface area contributed by atoms with Crippen LogP contribution in [0.1, 0.15) is 25.7 Å². The van der Waals surface area contributed by atoms with Crippen molar-refractivity contribution in [2.24, 2.45) is 0 Å². The number of hydrogen-bond donors (Lipinski definition) is 1. The first-order valence-corrected chi connectivity index (χ1v) is 3.20. The summed E-state index contributed by atoms with van der Waals surface area (Å²) in [6.45, 7) is 0. The van der Waals surface area contributed by atoms with E-state index in [1.807, 2.05) is 0 Å². The molecule has 0 amide bonds. The summed E-state index contributed by atoms with van der Waals surface area (Å²) in [4.78, 5) is 9.84. The first-order valence-electron chi connectivity index (χ1n) is 3.20. The van der Waals surface area contributed by atoms with Gasteiger partial charge in [-0.3, -0.25) is 4.79 Å². The third-order valence-corrected chi connectivity index (χ3v) is 1.10. The summed E-state index contributed by atoms with van der Waals surface area (Å²) in [6.07, 6.45) is -5.24. The Balaban J connectivity index is 0. The normalized spacial score (nSPS) is 10.6. The Morgan fingerprint density at radius 1 is 1.25 bits per heavy atom. The van der Waals surface area contributed by atoms with Gasteiger partial charge in [0, 0.05) is 12.8 Å². The number of aliphatic carboxylic acids is 1. The Labute approximate surface area is 74.2 Å². The first-order chi connectivity index (χ1) is 4.92. The lowest BCUT2D eigenvalue weighted by Crippen LogP contribution is -2.06. The van der Waals surface area contributed by atoms with E-state index in [1.165, 1.54) is 0 Å². The summed E-state index contributed by atoms with van der Waals surface area (Å²) >= 11 is 0. The smallest absolute Gasteiger partial charge is 0.389 e. The lowest BCUT2D eigenvalue weighted by atomic mass is 10.2. The number of unbranched alkanes of at least 4 members (excludes halogenated alkanes) is 1. The van der Waals surface area contributed by atoms with E-state index in [0.29, 0.717) is 0 Å². The quantitative estimate of drug-likeness (QED) is 0.718. The maximum Gasteiger partial charge on any atom is 0.389 e. The fourth-order valence-electron chi connectivity index (χ4n) is 0.602. The molecule has 2 nitrogen and oxygen atoms in total. The molecular formula is C6H10ClF3O2. The number of rotatable bonds is 4. The van der Waals surface area contributed by atoms with Crippen LogP contribution in [0.15, 0.2) is 0 Å². The lowest BCUT2D eigenvalue weighted by Gasteiger charge is -2.03. The summed E-state index contributed by atoms with van der Waals surface area (Å²) in [6, 6.07) is 0. The van der Waals surface area contributed by atoms with Crippen LogP contribution in [0.25, 0.3) is 0 Å². The fourth-order valence-corrected chi connectivity index (χ4v) is 0.602. The second-order valence-electron chi connectivity index (χ2n) is 2.22. The van der Waals surface area contributed by atoms with Gasteiger partial charge < -0.3 is 5.11 Å². The standard InChI is InChI=1S/C6H9F3O2.ClH/c7-6(8,9)4-2-1-3-5(10)11;/h1-4H2,(H,10,11);1H. The zero-order valence-electron chi connectivity index (χ0n) is 6.23. The topological polar surface area (TPSA) is 37.3 Å². The minimum absolute atomic E-state index is 0. The van der Waals surface area contributed by atoms with E-state index in [9.17, 15) is 18.0 Å². The molecule has 0 atom stereocenters. The molecule has 74 valence electrons. The Morgan fingerprint density at radius 3 is 2.08 bits per heavy atom. The van der Waals surface area contributed by atoms with E-state index >= 15 is 0 Å². The third kappa shape index (κ3) is 12.2. The molecule has 1 N–H and O–H groups in total. The summed E-state index contributed by atoms with van der Waals surface area (Å²) < 4.78 is 34.3. The molecule has 0 aromatic heterocycles. The Kier molecular flexibility index (Phi) is 7.18. The molecule has 0 fully saturated rings. The minimum atomic E-state index is -4.15. The Bertz CT molecular complexity index is 135. The molecule has 6 heteroatoms. The van der Waals surface area contributed by atoms with E-state index in [-0.39, 0.29) is 31.7 Å². The molecule has 0 heterocycles. The van der Waals surface area contributed by atoms with Crippen molar-refractivity contribution in [3.8, 4) is 0 Å². The van der Waals surface area contributed by atoms with Crippen LogP contribution in [0, 0.1) is 0 Å². The average Bonchev–Trinajstić information content (AvgIpc) is 1.78. The number of halogens is 4. The van der Waals surface area contributed by atoms with Gasteiger partial charge in [0.2, 0.25) is 0 Å². The van der Waals surface area contributed by atoms with Gasteiger partial charge >= 0.3 is 12.1 Å². The van der Waals surface area contributed by atoms with Crippen LogP contribution in [-0.4, -0.2) is 17.3 Å². The van der Waals surface area contributed by atoms with Gasteiger partial charge in [-0.1, -0.05) is 0 Å². The zero-order chi connectivity index (χ0) is 8.91. The summed E-state index contributed by atoms with van der Waals surface area (Å²) in [5.41, 5.74) is 0. The van der Waals surface area contributed by atoms with Crippen molar-refractivity contribution in [1.82, 2.24) is 0 Å². The van der Waals surface area contributed by atoms with Crippen molar-refractivity contribution in [2.75, 3.05) is 0 Å². The largest absolute Gasteiger partial charge is 0.481 e. The SMILES string of the molecule is Cl.O=C(O)CCCCC(F)(F)F. The van der Waals surface area contributed by atoms with Crippen LogP contribution in [0.3, 0.4) is 0 Å². The van der Waals surface area contributed by atoms with Crippen molar-refractivity contribution < 1.29 is 23.1 Å². The predicted octanol–water partition coefficient (Wildman–Crippen LogP) is 2.62. The molecular weight excluding hydrogens is 197 g/mol. The van der Waals surface area contributed by atoms with Crippen molar-refractivity contribution in [3.63, 3.8) is 0 Å². The molecule has 0 aromatic rings. The van der Waals surface area contributed by atoms with Crippen molar-refractivity contribution >= 4 is 18.4 Å². The van der Waals surface area contributed by atoms with Gasteiger partial charge in [-0.05, 0) is 12.8 Å². The molecule has 0 spiro atoms. The van der Waals surface area contributed by atoms with E-state index in [2.05, 4.69) is 0 Å². The summed E-state index contributed by atoms with van der Waals surface area (Å²) in [5, 5.41) is 8.06. The van der Waals surface area contributed by atoms with Gasteiger partial charge in [-0.25, -0.2) is 0 Å². The van der Waals surface area contributed by atoms with E-state index in [0.717, 1.165) is 0 Å². The average molecular weight is 207 g/mol. The molecule has 0 bridgehead atoms. The van der Waals surface area contributed by atoms with E-state index in [1.54, 1.807) is 0 Å². The molecule has 12 heavy (non-hydrogen) atoms. The van der Waals surface area contributed by atoms with Gasteiger partial charge in [0.05, 0.1) is 0 Å². The number of carboxylic acid groups (broad SMARTS) is 1. The summed E-state index contributed by atoms with van der Waals surface area (Å²) in [5.74, 6) is -1.05. The second-order valence-corrected chi connectivity index (χ2v) is 2.22. The molecule has 0 aliphatic heterocycles.